The van der Waals surface area contributed by atoms with Crippen LogP contribution in [0.15, 0.2) is 0 Å². The summed E-state index contributed by atoms with van der Waals surface area (Å²) in [6.45, 7) is 11.8. The van der Waals surface area contributed by atoms with E-state index in [-0.39, 0.29) is 0 Å². The van der Waals surface area contributed by atoms with Gasteiger partial charge < -0.3 is 15.3 Å². The van der Waals surface area contributed by atoms with E-state index in [1.807, 2.05) is 0 Å². The lowest BCUT2D eigenvalue weighted by molar-refractivity contribution is 0.0319. The van der Waals surface area contributed by atoms with Gasteiger partial charge in [-0.05, 0) is 44.8 Å². The van der Waals surface area contributed by atoms with E-state index in [1.54, 1.807) is 0 Å². The predicted molar refractivity (Wildman–Crippen MR) is 68.6 cm³/mol. The first-order valence-corrected chi connectivity index (χ1v) is 6.79. The van der Waals surface area contributed by atoms with E-state index < -0.39 is 5.60 Å². The Morgan fingerprint density at radius 3 is 2.50 bits per heavy atom. The van der Waals surface area contributed by atoms with Crippen molar-refractivity contribution in [2.75, 3.05) is 32.7 Å². The Bertz CT molecular complexity index is 192. The molecule has 1 rings (SSSR count). The van der Waals surface area contributed by atoms with Crippen LogP contribution in [-0.2, 0) is 0 Å². The zero-order valence-corrected chi connectivity index (χ0v) is 11.1. The van der Waals surface area contributed by atoms with Crippen molar-refractivity contribution in [1.29, 1.82) is 0 Å². The summed E-state index contributed by atoms with van der Waals surface area (Å²) < 4.78 is 0. The number of likely N-dealkylation sites (tertiary alicyclic amines) is 1. The molecule has 3 nitrogen and oxygen atoms in total. The minimum absolute atomic E-state index is 0.497. The highest BCUT2D eigenvalue weighted by Gasteiger charge is 2.24. The molecule has 0 aromatic carbocycles. The van der Waals surface area contributed by atoms with Crippen molar-refractivity contribution in [3.8, 4) is 0 Å². The summed E-state index contributed by atoms with van der Waals surface area (Å²) >= 11 is 0. The van der Waals surface area contributed by atoms with Gasteiger partial charge >= 0.3 is 0 Å². The van der Waals surface area contributed by atoms with Crippen molar-refractivity contribution in [2.24, 2.45) is 5.92 Å². The quantitative estimate of drug-likeness (QED) is 0.692. The summed E-state index contributed by atoms with van der Waals surface area (Å²) in [5.74, 6) is 0.776. The fraction of sp³-hybridized carbons (Fsp3) is 1.00. The zero-order valence-electron chi connectivity index (χ0n) is 11.1. The first kappa shape index (κ1) is 13.9. The van der Waals surface area contributed by atoms with Gasteiger partial charge in [-0.2, -0.15) is 0 Å². The predicted octanol–water partition coefficient (Wildman–Crippen LogP) is 1.47. The van der Waals surface area contributed by atoms with Gasteiger partial charge in [0.05, 0.1) is 5.60 Å². The third-order valence-electron chi connectivity index (χ3n) is 4.02. The highest BCUT2D eigenvalue weighted by Crippen LogP contribution is 2.16. The van der Waals surface area contributed by atoms with Crippen molar-refractivity contribution < 1.29 is 5.11 Å². The van der Waals surface area contributed by atoms with Crippen LogP contribution in [0.5, 0.6) is 0 Å². The molecule has 1 fully saturated rings. The summed E-state index contributed by atoms with van der Waals surface area (Å²) in [6.07, 6.45) is 2.97. The molecule has 96 valence electrons. The lowest BCUT2D eigenvalue weighted by atomic mass is 9.97. The minimum Gasteiger partial charge on any atom is -0.389 e. The molecule has 0 amide bonds. The Morgan fingerprint density at radius 2 is 2.00 bits per heavy atom. The van der Waals surface area contributed by atoms with Crippen LogP contribution in [0, 0.1) is 5.92 Å². The molecule has 2 N–H and O–H groups in total. The second kappa shape index (κ2) is 6.58. The van der Waals surface area contributed by atoms with Crippen molar-refractivity contribution in [3.63, 3.8) is 0 Å². The van der Waals surface area contributed by atoms with Crippen LogP contribution in [0.3, 0.4) is 0 Å². The van der Waals surface area contributed by atoms with E-state index in [4.69, 9.17) is 0 Å². The van der Waals surface area contributed by atoms with Gasteiger partial charge in [-0.1, -0.05) is 20.8 Å². The molecule has 0 radical (unpaired) electrons. The number of aliphatic hydroxyl groups is 1. The van der Waals surface area contributed by atoms with Crippen molar-refractivity contribution in [3.05, 3.63) is 0 Å². The summed E-state index contributed by atoms with van der Waals surface area (Å²) in [7, 11) is 0. The smallest absolute Gasteiger partial charge is 0.0766 e. The van der Waals surface area contributed by atoms with Gasteiger partial charge in [0.25, 0.3) is 0 Å². The van der Waals surface area contributed by atoms with E-state index >= 15 is 0 Å². The average Bonchev–Trinajstić information content (AvgIpc) is 2.77. The molecule has 0 aliphatic carbocycles. The monoisotopic (exact) mass is 228 g/mol. The SMILES string of the molecule is CCN1CCC(CNCC(O)(CC)CC)C1. The second-order valence-electron chi connectivity index (χ2n) is 5.11. The Kier molecular flexibility index (Phi) is 5.73. The highest BCUT2D eigenvalue weighted by atomic mass is 16.3. The first-order valence-electron chi connectivity index (χ1n) is 6.79. The maximum Gasteiger partial charge on any atom is 0.0766 e. The maximum atomic E-state index is 10.1. The molecule has 1 saturated heterocycles. The van der Waals surface area contributed by atoms with E-state index in [0.717, 1.165) is 31.8 Å². The van der Waals surface area contributed by atoms with Crippen LogP contribution >= 0.6 is 0 Å². The molecular weight excluding hydrogens is 200 g/mol. The Hall–Kier alpha value is -0.120. The molecule has 1 unspecified atom stereocenters. The fourth-order valence-corrected chi connectivity index (χ4v) is 2.38. The fourth-order valence-electron chi connectivity index (χ4n) is 2.38. The van der Waals surface area contributed by atoms with Crippen molar-refractivity contribution >= 4 is 0 Å². The Morgan fingerprint density at radius 1 is 1.31 bits per heavy atom. The van der Waals surface area contributed by atoms with Gasteiger partial charge in [0, 0.05) is 13.1 Å². The van der Waals surface area contributed by atoms with Crippen molar-refractivity contribution in [2.45, 2.75) is 45.6 Å². The Labute approximate surface area is 100 Å². The highest BCUT2D eigenvalue weighted by molar-refractivity contribution is 4.81. The lowest BCUT2D eigenvalue weighted by Gasteiger charge is -2.26. The number of rotatable bonds is 7. The van der Waals surface area contributed by atoms with Crippen LogP contribution in [0.4, 0.5) is 0 Å². The first-order chi connectivity index (χ1) is 7.63. The molecule has 0 aromatic rings. The molecule has 16 heavy (non-hydrogen) atoms. The lowest BCUT2D eigenvalue weighted by Crippen LogP contribution is -2.41. The van der Waals surface area contributed by atoms with Gasteiger partial charge in [-0.15, -0.1) is 0 Å². The molecule has 1 aliphatic heterocycles. The number of nitrogens with one attached hydrogen (secondary N) is 1. The zero-order chi connectivity index (χ0) is 12.0. The van der Waals surface area contributed by atoms with Crippen LogP contribution in [0.1, 0.15) is 40.0 Å². The van der Waals surface area contributed by atoms with E-state index in [2.05, 4.69) is 31.0 Å². The van der Waals surface area contributed by atoms with Crippen LogP contribution in [0.2, 0.25) is 0 Å². The summed E-state index contributed by atoms with van der Waals surface area (Å²) in [6, 6.07) is 0. The summed E-state index contributed by atoms with van der Waals surface area (Å²) in [5.41, 5.74) is -0.497. The summed E-state index contributed by atoms with van der Waals surface area (Å²) in [5, 5.41) is 13.6. The van der Waals surface area contributed by atoms with E-state index in [0.29, 0.717) is 0 Å². The van der Waals surface area contributed by atoms with Gasteiger partial charge in [0.1, 0.15) is 0 Å². The summed E-state index contributed by atoms with van der Waals surface area (Å²) in [4.78, 5) is 2.50. The van der Waals surface area contributed by atoms with Crippen LogP contribution in [0.25, 0.3) is 0 Å². The maximum absolute atomic E-state index is 10.1. The number of hydrogen-bond donors (Lipinski definition) is 2. The number of nitrogens with zero attached hydrogens (tertiary/aromatic N) is 1. The minimum atomic E-state index is -0.497. The van der Waals surface area contributed by atoms with Gasteiger partial charge in [-0.25, -0.2) is 0 Å². The van der Waals surface area contributed by atoms with E-state index in [9.17, 15) is 5.11 Å². The van der Waals surface area contributed by atoms with Gasteiger partial charge in [0.15, 0.2) is 0 Å². The van der Waals surface area contributed by atoms with Gasteiger partial charge in [-0.3, -0.25) is 0 Å². The molecular formula is C13H28N2O. The molecule has 0 bridgehead atoms. The topological polar surface area (TPSA) is 35.5 Å². The third kappa shape index (κ3) is 4.04. The molecule has 0 aromatic heterocycles. The second-order valence-corrected chi connectivity index (χ2v) is 5.11. The van der Waals surface area contributed by atoms with E-state index in [1.165, 1.54) is 26.1 Å². The average molecular weight is 228 g/mol. The van der Waals surface area contributed by atoms with Gasteiger partial charge in [0.2, 0.25) is 0 Å². The molecule has 1 atom stereocenters. The number of hydrogen-bond acceptors (Lipinski definition) is 3. The standard InChI is InChI=1S/C13H28N2O/c1-4-13(16,5-2)11-14-9-12-7-8-15(6-3)10-12/h12,14,16H,4-11H2,1-3H3. The van der Waals surface area contributed by atoms with Crippen LogP contribution < -0.4 is 5.32 Å². The normalized spacial score (nSPS) is 22.9. The van der Waals surface area contributed by atoms with Crippen molar-refractivity contribution in [1.82, 2.24) is 10.2 Å². The molecule has 0 saturated carbocycles. The molecule has 1 aliphatic rings. The molecule has 0 spiro atoms. The largest absolute Gasteiger partial charge is 0.389 e. The Balaban J connectivity index is 2.16. The molecule has 3 heteroatoms. The molecule has 1 heterocycles. The van der Waals surface area contributed by atoms with Crippen LogP contribution in [-0.4, -0.2) is 48.3 Å². The third-order valence-corrected chi connectivity index (χ3v) is 4.02.